The highest BCUT2D eigenvalue weighted by Crippen LogP contribution is 2.42. The van der Waals surface area contributed by atoms with E-state index in [9.17, 15) is 27.9 Å². The Kier molecular flexibility index (Phi) is 4.09. The second-order valence-electron chi connectivity index (χ2n) is 4.98. The number of carbonyl (C=O) groups excluding carboxylic acids is 2. The van der Waals surface area contributed by atoms with Gasteiger partial charge in [-0.15, -0.1) is 0 Å². The van der Waals surface area contributed by atoms with Crippen LogP contribution in [0.3, 0.4) is 0 Å². The van der Waals surface area contributed by atoms with E-state index in [1.165, 1.54) is 29.6 Å². The minimum absolute atomic E-state index is 0.224. The van der Waals surface area contributed by atoms with Crippen LogP contribution >= 0.6 is 11.6 Å². The van der Waals surface area contributed by atoms with Crippen molar-refractivity contribution in [3.63, 3.8) is 0 Å². The number of amides is 2. The summed E-state index contributed by atoms with van der Waals surface area (Å²) in [5, 5.41) is 13.9. The first-order valence-electron chi connectivity index (χ1n) is 6.20. The molecule has 1 aromatic rings. The molecule has 0 spiro atoms. The number of ketones is 1. The van der Waals surface area contributed by atoms with E-state index in [0.29, 0.717) is 5.02 Å². The van der Waals surface area contributed by atoms with E-state index in [-0.39, 0.29) is 5.56 Å². The van der Waals surface area contributed by atoms with Crippen LogP contribution in [0.5, 0.6) is 0 Å². The third kappa shape index (κ3) is 2.76. The Balaban J connectivity index is 2.54. The topological polar surface area (TPSA) is 78.4 Å². The molecule has 120 valence electrons. The Morgan fingerprint density at radius 2 is 1.86 bits per heavy atom. The zero-order chi connectivity index (χ0) is 16.7. The Hall–Kier alpha value is -1.80. The largest absolute Gasteiger partial charge is 0.437 e. The van der Waals surface area contributed by atoms with Crippen molar-refractivity contribution in [1.29, 1.82) is 0 Å². The van der Waals surface area contributed by atoms with Crippen LogP contribution in [0, 0.1) is 5.92 Å². The zero-order valence-electron chi connectivity index (χ0n) is 11.2. The lowest BCUT2D eigenvalue weighted by Crippen LogP contribution is -2.72. The van der Waals surface area contributed by atoms with Gasteiger partial charge in [-0.3, -0.25) is 4.79 Å². The molecule has 9 heteroatoms. The van der Waals surface area contributed by atoms with Gasteiger partial charge in [-0.05, 0) is 24.6 Å². The minimum Gasteiger partial charge on any atom is -0.363 e. The van der Waals surface area contributed by atoms with Crippen molar-refractivity contribution in [2.45, 2.75) is 24.9 Å². The van der Waals surface area contributed by atoms with Gasteiger partial charge in [0.2, 0.25) is 5.72 Å². The standard InChI is InChI=1S/C13H12ClF3N2O3/c1-6(20)9-10(7-2-4-8(14)5-3-7)18-11(21)19-12(9,22)13(15,16)17/h2-5,9-10,22H,1H3,(H2,18,19,21)/t9-,10-,12+/m0/s1. The summed E-state index contributed by atoms with van der Waals surface area (Å²) >= 11 is 5.71. The van der Waals surface area contributed by atoms with Crippen LogP contribution in [-0.4, -0.2) is 28.8 Å². The molecule has 5 nitrogen and oxygen atoms in total. The van der Waals surface area contributed by atoms with Crippen LogP contribution in [0.2, 0.25) is 5.02 Å². The molecule has 1 aliphatic rings. The number of nitrogens with one attached hydrogen (secondary N) is 2. The van der Waals surface area contributed by atoms with E-state index in [2.05, 4.69) is 5.32 Å². The van der Waals surface area contributed by atoms with E-state index >= 15 is 0 Å². The van der Waals surface area contributed by atoms with Crippen LogP contribution in [-0.2, 0) is 4.79 Å². The lowest BCUT2D eigenvalue weighted by Gasteiger charge is -2.44. The maximum atomic E-state index is 13.2. The van der Waals surface area contributed by atoms with Crippen LogP contribution in [0.4, 0.5) is 18.0 Å². The van der Waals surface area contributed by atoms with Crippen molar-refractivity contribution in [1.82, 2.24) is 10.6 Å². The van der Waals surface area contributed by atoms with Crippen LogP contribution in [0.15, 0.2) is 24.3 Å². The molecule has 0 bridgehead atoms. The first kappa shape index (κ1) is 16.6. The molecule has 2 rings (SSSR count). The van der Waals surface area contributed by atoms with E-state index in [4.69, 9.17) is 11.6 Å². The molecule has 1 heterocycles. The van der Waals surface area contributed by atoms with Gasteiger partial charge in [0.05, 0.1) is 12.0 Å². The molecule has 0 aromatic heterocycles. The quantitative estimate of drug-likeness (QED) is 0.774. The lowest BCUT2D eigenvalue weighted by atomic mass is 9.79. The summed E-state index contributed by atoms with van der Waals surface area (Å²) in [5.41, 5.74) is -3.42. The highest BCUT2D eigenvalue weighted by atomic mass is 35.5. The molecule has 3 atom stereocenters. The predicted molar refractivity (Wildman–Crippen MR) is 71.0 cm³/mol. The summed E-state index contributed by atoms with van der Waals surface area (Å²) in [4.78, 5) is 23.3. The Morgan fingerprint density at radius 3 is 2.32 bits per heavy atom. The highest BCUT2D eigenvalue weighted by Gasteiger charge is 2.65. The summed E-state index contributed by atoms with van der Waals surface area (Å²) in [7, 11) is 0. The fourth-order valence-electron chi connectivity index (χ4n) is 2.47. The average Bonchev–Trinajstić information content (AvgIpc) is 2.36. The molecular formula is C13H12ClF3N2O3. The average molecular weight is 337 g/mol. The number of halogens is 4. The maximum Gasteiger partial charge on any atom is 0.437 e. The van der Waals surface area contributed by atoms with Crippen molar-refractivity contribution in [2.75, 3.05) is 0 Å². The van der Waals surface area contributed by atoms with Crippen molar-refractivity contribution in [3.05, 3.63) is 34.9 Å². The summed E-state index contributed by atoms with van der Waals surface area (Å²) in [6.07, 6.45) is -5.22. The normalized spacial score (nSPS) is 28.7. The van der Waals surface area contributed by atoms with Gasteiger partial charge >= 0.3 is 12.2 Å². The SMILES string of the molecule is CC(=O)[C@H]1[C@H](c2ccc(Cl)cc2)NC(=O)N[C@]1(O)C(F)(F)F. The fourth-order valence-corrected chi connectivity index (χ4v) is 2.60. The fraction of sp³-hybridized carbons (Fsp3) is 0.385. The third-order valence-corrected chi connectivity index (χ3v) is 3.73. The number of benzene rings is 1. The van der Waals surface area contributed by atoms with Gasteiger partial charge in [-0.1, -0.05) is 23.7 Å². The molecule has 1 aromatic carbocycles. The van der Waals surface area contributed by atoms with Gasteiger partial charge < -0.3 is 15.7 Å². The summed E-state index contributed by atoms with van der Waals surface area (Å²) in [6.45, 7) is 0.920. The zero-order valence-corrected chi connectivity index (χ0v) is 12.0. The van der Waals surface area contributed by atoms with Crippen LogP contribution < -0.4 is 10.6 Å². The summed E-state index contributed by atoms with van der Waals surface area (Å²) in [5.74, 6) is -2.86. The van der Waals surface area contributed by atoms with Gasteiger partial charge in [-0.25, -0.2) is 4.79 Å². The molecule has 0 unspecified atom stereocenters. The molecule has 1 aliphatic heterocycles. The van der Waals surface area contributed by atoms with Gasteiger partial charge in [0.25, 0.3) is 0 Å². The Bertz CT molecular complexity index is 606. The van der Waals surface area contributed by atoms with Crippen molar-refractivity contribution >= 4 is 23.4 Å². The first-order valence-corrected chi connectivity index (χ1v) is 6.58. The number of alkyl halides is 3. The Labute approximate surface area is 128 Å². The number of hydrogen-bond donors (Lipinski definition) is 3. The van der Waals surface area contributed by atoms with Crippen molar-refractivity contribution in [3.8, 4) is 0 Å². The third-order valence-electron chi connectivity index (χ3n) is 3.47. The molecular weight excluding hydrogens is 325 g/mol. The number of Topliss-reactive ketones (excluding diaryl/α,β-unsaturated/α-hetero) is 1. The number of urea groups is 1. The van der Waals surface area contributed by atoms with Crippen molar-refractivity contribution in [2.24, 2.45) is 5.92 Å². The molecule has 1 saturated heterocycles. The van der Waals surface area contributed by atoms with E-state index < -0.39 is 35.7 Å². The molecule has 2 amide bonds. The van der Waals surface area contributed by atoms with Gasteiger partial charge in [0.1, 0.15) is 5.78 Å². The van der Waals surface area contributed by atoms with Crippen LogP contribution in [0.25, 0.3) is 0 Å². The smallest absolute Gasteiger partial charge is 0.363 e. The van der Waals surface area contributed by atoms with Gasteiger partial charge in [-0.2, -0.15) is 13.2 Å². The van der Waals surface area contributed by atoms with Gasteiger partial charge in [0.15, 0.2) is 0 Å². The molecule has 22 heavy (non-hydrogen) atoms. The van der Waals surface area contributed by atoms with Crippen molar-refractivity contribution < 1.29 is 27.9 Å². The first-order chi connectivity index (χ1) is 10.1. The number of rotatable bonds is 2. The highest BCUT2D eigenvalue weighted by molar-refractivity contribution is 6.30. The van der Waals surface area contributed by atoms with E-state index in [0.717, 1.165) is 6.92 Å². The van der Waals surface area contributed by atoms with Crippen LogP contribution in [0.1, 0.15) is 18.5 Å². The molecule has 0 saturated carbocycles. The Morgan fingerprint density at radius 1 is 1.32 bits per heavy atom. The van der Waals surface area contributed by atoms with E-state index in [1.807, 2.05) is 0 Å². The van der Waals surface area contributed by atoms with Gasteiger partial charge in [0, 0.05) is 5.02 Å². The maximum absolute atomic E-state index is 13.2. The second-order valence-corrected chi connectivity index (χ2v) is 5.42. The second kappa shape index (κ2) is 5.44. The monoisotopic (exact) mass is 336 g/mol. The molecule has 0 radical (unpaired) electrons. The minimum atomic E-state index is -5.22. The molecule has 3 N–H and O–H groups in total. The number of hydrogen-bond acceptors (Lipinski definition) is 3. The van der Waals surface area contributed by atoms with E-state index in [1.54, 1.807) is 0 Å². The summed E-state index contributed by atoms with van der Waals surface area (Å²) < 4.78 is 39.6. The predicted octanol–water partition coefficient (Wildman–Crippen LogP) is 2.15. The number of carbonyl (C=O) groups is 2. The summed E-state index contributed by atoms with van der Waals surface area (Å²) in [6, 6.07) is 3.02. The molecule has 0 aliphatic carbocycles. The molecule has 1 fully saturated rings. The lowest BCUT2D eigenvalue weighted by molar-refractivity contribution is -0.290. The number of aliphatic hydroxyl groups is 1.